The number of aromatic amines is 1. The Bertz CT molecular complexity index is 1400. The maximum Gasteiger partial charge on any atom is 0.224 e. The third-order valence-electron chi connectivity index (χ3n) is 6.97. The number of pyridine rings is 1. The highest BCUT2D eigenvalue weighted by molar-refractivity contribution is 5.94. The maximum absolute atomic E-state index is 12.9. The SMILES string of the molecule is COc1ccc(-c2[nH]c3ccccc3c2CCC(=O)Nc2ccc(N3CCCC(C(N)=O)C3)nc2)cc1. The van der Waals surface area contributed by atoms with Crippen LogP contribution in [0.15, 0.2) is 66.9 Å². The number of para-hydroxylation sites is 1. The Morgan fingerprint density at radius 3 is 2.68 bits per heavy atom. The molecule has 2 aromatic heterocycles. The molecule has 0 saturated carbocycles. The number of aromatic nitrogens is 2. The lowest BCUT2D eigenvalue weighted by Gasteiger charge is -2.32. The number of fused-ring (bicyclic) bond motifs is 1. The first kappa shape index (κ1) is 24.4. The van der Waals surface area contributed by atoms with Crippen LogP contribution in [-0.4, -0.2) is 42.0 Å². The van der Waals surface area contributed by atoms with Crippen LogP contribution in [0.25, 0.3) is 22.2 Å². The summed E-state index contributed by atoms with van der Waals surface area (Å²) in [5.41, 5.74) is 10.3. The van der Waals surface area contributed by atoms with E-state index in [4.69, 9.17) is 10.5 Å². The molecule has 2 amide bonds. The van der Waals surface area contributed by atoms with Gasteiger partial charge in [-0.3, -0.25) is 9.59 Å². The quantitative estimate of drug-likeness (QED) is 0.331. The van der Waals surface area contributed by atoms with Crippen LogP contribution in [-0.2, 0) is 16.0 Å². The molecule has 1 aliphatic rings. The Balaban J connectivity index is 1.26. The van der Waals surface area contributed by atoms with E-state index in [9.17, 15) is 9.59 Å². The van der Waals surface area contributed by atoms with E-state index in [-0.39, 0.29) is 17.7 Å². The highest BCUT2D eigenvalue weighted by atomic mass is 16.5. The zero-order chi connectivity index (χ0) is 25.8. The molecule has 2 aromatic carbocycles. The monoisotopic (exact) mass is 497 g/mol. The summed E-state index contributed by atoms with van der Waals surface area (Å²) in [6.45, 7) is 1.42. The number of nitrogens with one attached hydrogen (secondary N) is 2. The molecule has 4 N–H and O–H groups in total. The smallest absolute Gasteiger partial charge is 0.224 e. The van der Waals surface area contributed by atoms with Crippen LogP contribution < -0.4 is 20.7 Å². The van der Waals surface area contributed by atoms with Gasteiger partial charge in [0.25, 0.3) is 0 Å². The summed E-state index contributed by atoms with van der Waals surface area (Å²) in [6, 6.07) is 19.8. The van der Waals surface area contributed by atoms with Gasteiger partial charge in [-0.15, -0.1) is 0 Å². The number of carbonyl (C=O) groups excluding carboxylic acids is 2. The van der Waals surface area contributed by atoms with Gasteiger partial charge in [-0.05, 0) is 72.9 Å². The zero-order valence-electron chi connectivity index (χ0n) is 20.9. The van der Waals surface area contributed by atoms with Gasteiger partial charge in [-0.25, -0.2) is 4.98 Å². The molecule has 0 radical (unpaired) electrons. The summed E-state index contributed by atoms with van der Waals surface area (Å²) >= 11 is 0. The topological polar surface area (TPSA) is 113 Å². The number of nitrogens with two attached hydrogens (primary N) is 1. The number of H-pyrrole nitrogens is 1. The fourth-order valence-corrected chi connectivity index (χ4v) is 4.99. The summed E-state index contributed by atoms with van der Waals surface area (Å²) in [7, 11) is 1.65. The number of primary amides is 1. The van der Waals surface area contributed by atoms with Crippen LogP contribution in [0.5, 0.6) is 5.75 Å². The van der Waals surface area contributed by atoms with Gasteiger partial charge in [0, 0.05) is 36.1 Å². The first-order valence-corrected chi connectivity index (χ1v) is 12.6. The van der Waals surface area contributed by atoms with Crippen molar-refractivity contribution >= 4 is 34.2 Å². The number of hydrogen-bond donors (Lipinski definition) is 3. The Kier molecular flexibility index (Phi) is 7.07. The Morgan fingerprint density at radius 1 is 1.14 bits per heavy atom. The molecule has 5 rings (SSSR count). The summed E-state index contributed by atoms with van der Waals surface area (Å²) in [5.74, 6) is 1.09. The lowest BCUT2D eigenvalue weighted by molar-refractivity contribution is -0.122. The lowest BCUT2D eigenvalue weighted by atomic mass is 9.97. The molecule has 4 aromatic rings. The fourth-order valence-electron chi connectivity index (χ4n) is 4.99. The molecule has 1 aliphatic heterocycles. The number of piperidine rings is 1. The minimum atomic E-state index is -0.265. The Hall–Kier alpha value is -4.33. The largest absolute Gasteiger partial charge is 0.497 e. The van der Waals surface area contributed by atoms with Crippen molar-refractivity contribution < 1.29 is 14.3 Å². The van der Waals surface area contributed by atoms with Gasteiger partial charge in [0.15, 0.2) is 0 Å². The molecule has 1 unspecified atom stereocenters. The third kappa shape index (κ3) is 5.43. The van der Waals surface area contributed by atoms with Gasteiger partial charge < -0.3 is 25.7 Å². The van der Waals surface area contributed by atoms with Crippen LogP contribution >= 0.6 is 0 Å². The Morgan fingerprint density at radius 2 is 1.95 bits per heavy atom. The first-order chi connectivity index (χ1) is 18.0. The molecule has 8 heteroatoms. The maximum atomic E-state index is 12.9. The minimum Gasteiger partial charge on any atom is -0.497 e. The number of methoxy groups -OCH3 is 1. The van der Waals surface area contributed by atoms with Crippen molar-refractivity contribution in [2.24, 2.45) is 11.7 Å². The standard InChI is InChI=1S/C29H31N5O3/c1-37-22-11-8-19(9-12-22)28-24(23-6-2-3-7-25(23)33-28)13-15-27(35)32-21-10-14-26(31-17-21)34-16-4-5-20(18-34)29(30)36/h2-3,6-12,14,17,20,33H,4-5,13,15-16,18H2,1H3,(H2,30,36)(H,32,35). The summed E-state index contributed by atoms with van der Waals surface area (Å²) in [6.07, 6.45) is 4.30. The minimum absolute atomic E-state index is 0.0766. The van der Waals surface area contributed by atoms with Crippen molar-refractivity contribution in [3.05, 3.63) is 72.4 Å². The molecular formula is C29H31N5O3. The van der Waals surface area contributed by atoms with E-state index in [1.165, 1.54) is 0 Å². The van der Waals surface area contributed by atoms with E-state index in [2.05, 4.69) is 26.3 Å². The molecular weight excluding hydrogens is 466 g/mol. The van der Waals surface area contributed by atoms with E-state index in [1.54, 1.807) is 13.3 Å². The van der Waals surface area contributed by atoms with Gasteiger partial charge >= 0.3 is 0 Å². The van der Waals surface area contributed by atoms with Gasteiger partial charge in [-0.1, -0.05) is 18.2 Å². The van der Waals surface area contributed by atoms with Crippen LogP contribution in [0.3, 0.4) is 0 Å². The summed E-state index contributed by atoms with van der Waals surface area (Å²) in [4.78, 5) is 34.5. The van der Waals surface area contributed by atoms with Crippen molar-refractivity contribution in [2.45, 2.75) is 25.7 Å². The predicted octanol–water partition coefficient (Wildman–Crippen LogP) is 4.51. The van der Waals surface area contributed by atoms with Crippen LogP contribution in [0.1, 0.15) is 24.8 Å². The molecule has 3 heterocycles. The van der Waals surface area contributed by atoms with Crippen molar-refractivity contribution in [2.75, 3.05) is 30.4 Å². The van der Waals surface area contributed by atoms with Crippen LogP contribution in [0.2, 0.25) is 0 Å². The fraction of sp³-hybridized carbons (Fsp3) is 0.276. The molecule has 0 spiro atoms. The number of hydrogen-bond acceptors (Lipinski definition) is 5. The molecule has 8 nitrogen and oxygen atoms in total. The second-order valence-corrected chi connectivity index (χ2v) is 9.39. The zero-order valence-corrected chi connectivity index (χ0v) is 20.9. The van der Waals surface area contributed by atoms with Crippen molar-refractivity contribution in [3.63, 3.8) is 0 Å². The van der Waals surface area contributed by atoms with Crippen molar-refractivity contribution in [1.29, 1.82) is 0 Å². The average Bonchev–Trinajstić information content (AvgIpc) is 3.31. The first-order valence-electron chi connectivity index (χ1n) is 12.6. The van der Waals surface area contributed by atoms with Crippen LogP contribution in [0, 0.1) is 5.92 Å². The van der Waals surface area contributed by atoms with E-state index in [0.29, 0.717) is 25.1 Å². The van der Waals surface area contributed by atoms with E-state index in [1.807, 2.05) is 54.6 Å². The molecule has 1 saturated heterocycles. The number of carbonyl (C=O) groups is 2. The van der Waals surface area contributed by atoms with Crippen molar-refractivity contribution in [1.82, 2.24) is 9.97 Å². The van der Waals surface area contributed by atoms with E-state index < -0.39 is 0 Å². The lowest BCUT2D eigenvalue weighted by Crippen LogP contribution is -2.41. The van der Waals surface area contributed by atoms with Gasteiger partial charge in [0.2, 0.25) is 11.8 Å². The number of aryl methyl sites for hydroxylation is 1. The molecule has 1 atom stereocenters. The molecule has 0 aliphatic carbocycles. The van der Waals surface area contributed by atoms with Gasteiger partial charge in [0.05, 0.1) is 24.9 Å². The van der Waals surface area contributed by atoms with E-state index in [0.717, 1.165) is 58.7 Å². The number of ether oxygens (including phenoxy) is 1. The van der Waals surface area contributed by atoms with Crippen molar-refractivity contribution in [3.8, 4) is 17.0 Å². The highest BCUT2D eigenvalue weighted by Crippen LogP contribution is 2.32. The number of anilines is 2. The van der Waals surface area contributed by atoms with Crippen LogP contribution in [0.4, 0.5) is 11.5 Å². The normalized spacial score (nSPS) is 15.5. The number of nitrogens with zero attached hydrogens (tertiary/aromatic N) is 2. The molecule has 190 valence electrons. The molecule has 37 heavy (non-hydrogen) atoms. The Labute approximate surface area is 215 Å². The highest BCUT2D eigenvalue weighted by Gasteiger charge is 2.24. The summed E-state index contributed by atoms with van der Waals surface area (Å²) in [5, 5.41) is 4.08. The third-order valence-corrected chi connectivity index (χ3v) is 6.97. The van der Waals surface area contributed by atoms with Gasteiger partial charge in [-0.2, -0.15) is 0 Å². The summed E-state index contributed by atoms with van der Waals surface area (Å²) < 4.78 is 5.30. The number of amides is 2. The average molecular weight is 498 g/mol. The second-order valence-electron chi connectivity index (χ2n) is 9.39. The molecule has 0 bridgehead atoms. The van der Waals surface area contributed by atoms with E-state index >= 15 is 0 Å². The second kappa shape index (κ2) is 10.7. The number of benzene rings is 2. The predicted molar refractivity (Wildman–Crippen MR) is 146 cm³/mol. The number of rotatable bonds is 8. The van der Waals surface area contributed by atoms with Gasteiger partial charge in [0.1, 0.15) is 11.6 Å². The molecule has 1 fully saturated rings.